The zero-order valence-corrected chi connectivity index (χ0v) is 10.0. The van der Waals surface area contributed by atoms with Crippen LogP contribution in [0.2, 0.25) is 0 Å². The van der Waals surface area contributed by atoms with Gasteiger partial charge in [0.15, 0.2) is 0 Å². The number of nitrogens with one attached hydrogen (secondary N) is 2. The van der Waals surface area contributed by atoms with E-state index in [0.29, 0.717) is 18.4 Å². The Bertz CT molecular complexity index is 194. The van der Waals surface area contributed by atoms with Crippen LogP contribution in [0.25, 0.3) is 0 Å². The molecule has 0 bridgehead atoms. The number of amides is 1. The third-order valence-electron chi connectivity index (χ3n) is 3.19. The number of piperidine rings is 1. The fourth-order valence-corrected chi connectivity index (χ4v) is 2.06. The first-order valence-corrected chi connectivity index (χ1v) is 6.24. The Balaban J connectivity index is 2.18. The van der Waals surface area contributed by atoms with E-state index in [9.17, 15) is 4.79 Å². The fraction of sp³-hybridized carbons (Fsp3) is 0.917. The molecule has 0 spiro atoms. The average molecular weight is 212 g/mol. The molecule has 1 heterocycles. The van der Waals surface area contributed by atoms with Gasteiger partial charge >= 0.3 is 0 Å². The van der Waals surface area contributed by atoms with Gasteiger partial charge in [-0.3, -0.25) is 4.79 Å². The van der Waals surface area contributed by atoms with E-state index in [-0.39, 0.29) is 5.91 Å². The van der Waals surface area contributed by atoms with Gasteiger partial charge in [-0.05, 0) is 31.7 Å². The summed E-state index contributed by atoms with van der Waals surface area (Å²) in [5.41, 5.74) is 0. The molecule has 0 aliphatic carbocycles. The monoisotopic (exact) mass is 212 g/mol. The van der Waals surface area contributed by atoms with Gasteiger partial charge < -0.3 is 10.6 Å². The van der Waals surface area contributed by atoms with Crippen LogP contribution in [-0.4, -0.2) is 25.0 Å². The summed E-state index contributed by atoms with van der Waals surface area (Å²) in [7, 11) is 0. The van der Waals surface area contributed by atoms with E-state index >= 15 is 0 Å². The first-order valence-electron chi connectivity index (χ1n) is 6.24. The van der Waals surface area contributed by atoms with E-state index in [1.807, 2.05) is 0 Å². The lowest BCUT2D eigenvalue weighted by atomic mass is 9.90. The Kier molecular flexibility index (Phi) is 5.69. The van der Waals surface area contributed by atoms with Gasteiger partial charge in [-0.2, -0.15) is 0 Å². The molecule has 1 amide bonds. The molecule has 1 aliphatic rings. The standard InChI is InChI=1S/C12H24N2O/c1-3-4-7-14-12(15)9-11-10(2)6-5-8-13-11/h10-11,13H,3-9H2,1-2H3,(H,14,15). The van der Waals surface area contributed by atoms with Crippen LogP contribution in [0.15, 0.2) is 0 Å². The maximum Gasteiger partial charge on any atom is 0.221 e. The van der Waals surface area contributed by atoms with Gasteiger partial charge in [0.2, 0.25) is 5.91 Å². The third-order valence-corrected chi connectivity index (χ3v) is 3.19. The molecular formula is C12H24N2O. The fourth-order valence-electron chi connectivity index (χ4n) is 2.06. The highest BCUT2D eigenvalue weighted by Gasteiger charge is 2.22. The lowest BCUT2D eigenvalue weighted by Gasteiger charge is -2.29. The maximum absolute atomic E-state index is 11.6. The SMILES string of the molecule is CCCCNC(=O)CC1NCCCC1C. The average Bonchev–Trinajstić information content (AvgIpc) is 2.22. The molecule has 2 unspecified atom stereocenters. The Hall–Kier alpha value is -0.570. The van der Waals surface area contributed by atoms with Crippen LogP contribution in [0.5, 0.6) is 0 Å². The summed E-state index contributed by atoms with van der Waals surface area (Å²) in [6, 6.07) is 0.389. The van der Waals surface area contributed by atoms with E-state index in [0.717, 1.165) is 25.9 Å². The van der Waals surface area contributed by atoms with E-state index in [2.05, 4.69) is 24.5 Å². The minimum Gasteiger partial charge on any atom is -0.356 e. The van der Waals surface area contributed by atoms with Gasteiger partial charge in [0.25, 0.3) is 0 Å². The summed E-state index contributed by atoms with van der Waals surface area (Å²) in [6.07, 6.45) is 5.36. The number of carbonyl (C=O) groups is 1. The number of unbranched alkanes of at least 4 members (excludes halogenated alkanes) is 1. The zero-order valence-electron chi connectivity index (χ0n) is 10.0. The van der Waals surface area contributed by atoms with Gasteiger partial charge in [0.05, 0.1) is 0 Å². The summed E-state index contributed by atoms with van der Waals surface area (Å²) < 4.78 is 0. The Morgan fingerprint density at radius 2 is 2.33 bits per heavy atom. The molecule has 2 atom stereocenters. The molecule has 0 radical (unpaired) electrons. The first kappa shape index (κ1) is 12.5. The van der Waals surface area contributed by atoms with Gasteiger partial charge in [-0.25, -0.2) is 0 Å². The first-order chi connectivity index (χ1) is 7.24. The number of hydrogen-bond donors (Lipinski definition) is 2. The maximum atomic E-state index is 11.6. The molecule has 3 nitrogen and oxygen atoms in total. The molecule has 0 aromatic rings. The Labute approximate surface area is 93.0 Å². The second kappa shape index (κ2) is 6.83. The van der Waals surface area contributed by atoms with Crippen molar-refractivity contribution in [2.24, 2.45) is 5.92 Å². The van der Waals surface area contributed by atoms with Crippen LogP contribution in [0, 0.1) is 5.92 Å². The van der Waals surface area contributed by atoms with Crippen molar-refractivity contribution in [2.75, 3.05) is 13.1 Å². The van der Waals surface area contributed by atoms with E-state index in [4.69, 9.17) is 0 Å². The highest BCUT2D eigenvalue weighted by atomic mass is 16.1. The van der Waals surface area contributed by atoms with Gasteiger partial charge in [0, 0.05) is 19.0 Å². The molecule has 1 fully saturated rings. The van der Waals surface area contributed by atoms with E-state index < -0.39 is 0 Å². The third kappa shape index (κ3) is 4.65. The summed E-state index contributed by atoms with van der Waals surface area (Å²) >= 11 is 0. The predicted octanol–water partition coefficient (Wildman–Crippen LogP) is 1.68. The molecule has 3 heteroatoms. The molecular weight excluding hydrogens is 188 g/mol. The van der Waals surface area contributed by atoms with Crippen molar-refractivity contribution >= 4 is 5.91 Å². The summed E-state index contributed by atoms with van der Waals surface area (Å²) in [5.74, 6) is 0.838. The smallest absolute Gasteiger partial charge is 0.221 e. The van der Waals surface area contributed by atoms with E-state index in [1.165, 1.54) is 12.8 Å². The van der Waals surface area contributed by atoms with Crippen molar-refractivity contribution in [3.8, 4) is 0 Å². The Morgan fingerprint density at radius 3 is 3.00 bits per heavy atom. The van der Waals surface area contributed by atoms with Crippen LogP contribution in [-0.2, 0) is 4.79 Å². The minimum atomic E-state index is 0.203. The zero-order chi connectivity index (χ0) is 11.1. The quantitative estimate of drug-likeness (QED) is 0.681. The lowest BCUT2D eigenvalue weighted by Crippen LogP contribution is -2.43. The molecule has 1 saturated heterocycles. The molecule has 2 N–H and O–H groups in total. The second-order valence-electron chi connectivity index (χ2n) is 4.59. The van der Waals surface area contributed by atoms with Crippen LogP contribution in [0.1, 0.15) is 46.0 Å². The molecule has 0 saturated carbocycles. The van der Waals surface area contributed by atoms with Crippen LogP contribution in [0.3, 0.4) is 0 Å². The largest absolute Gasteiger partial charge is 0.356 e. The topological polar surface area (TPSA) is 41.1 Å². The summed E-state index contributed by atoms with van der Waals surface area (Å²) in [6.45, 7) is 6.26. The van der Waals surface area contributed by atoms with Crippen LogP contribution in [0.4, 0.5) is 0 Å². The van der Waals surface area contributed by atoms with Gasteiger partial charge in [-0.1, -0.05) is 20.3 Å². The molecule has 1 rings (SSSR count). The summed E-state index contributed by atoms with van der Waals surface area (Å²) in [5, 5.41) is 6.40. The van der Waals surface area contributed by atoms with Crippen molar-refractivity contribution in [1.82, 2.24) is 10.6 Å². The van der Waals surface area contributed by atoms with Gasteiger partial charge in [-0.15, -0.1) is 0 Å². The van der Waals surface area contributed by atoms with Crippen molar-refractivity contribution in [3.05, 3.63) is 0 Å². The van der Waals surface area contributed by atoms with Crippen LogP contribution >= 0.6 is 0 Å². The minimum absolute atomic E-state index is 0.203. The molecule has 0 aromatic heterocycles. The number of carbonyl (C=O) groups excluding carboxylic acids is 1. The predicted molar refractivity (Wildman–Crippen MR) is 62.7 cm³/mol. The van der Waals surface area contributed by atoms with E-state index in [1.54, 1.807) is 0 Å². The second-order valence-corrected chi connectivity index (χ2v) is 4.59. The molecule has 15 heavy (non-hydrogen) atoms. The number of hydrogen-bond acceptors (Lipinski definition) is 2. The molecule has 1 aliphatic heterocycles. The van der Waals surface area contributed by atoms with Crippen molar-refractivity contribution in [3.63, 3.8) is 0 Å². The van der Waals surface area contributed by atoms with Crippen molar-refractivity contribution < 1.29 is 4.79 Å². The van der Waals surface area contributed by atoms with Crippen molar-refractivity contribution in [2.45, 2.75) is 52.0 Å². The number of rotatable bonds is 5. The van der Waals surface area contributed by atoms with Crippen LogP contribution < -0.4 is 10.6 Å². The van der Waals surface area contributed by atoms with Gasteiger partial charge in [0.1, 0.15) is 0 Å². The Morgan fingerprint density at radius 1 is 1.53 bits per heavy atom. The van der Waals surface area contributed by atoms with Crippen molar-refractivity contribution in [1.29, 1.82) is 0 Å². The molecule has 88 valence electrons. The normalized spacial score (nSPS) is 26.3. The lowest BCUT2D eigenvalue weighted by molar-refractivity contribution is -0.122. The highest BCUT2D eigenvalue weighted by molar-refractivity contribution is 5.76. The highest BCUT2D eigenvalue weighted by Crippen LogP contribution is 2.17. The molecule has 0 aromatic carbocycles. The summed E-state index contributed by atoms with van der Waals surface area (Å²) in [4.78, 5) is 11.6.